The van der Waals surface area contributed by atoms with E-state index >= 15 is 0 Å². The summed E-state index contributed by atoms with van der Waals surface area (Å²) in [6.45, 7) is 2.86. The van der Waals surface area contributed by atoms with Gasteiger partial charge in [-0.15, -0.1) is 0 Å². The molecule has 2 fully saturated rings. The van der Waals surface area contributed by atoms with Crippen molar-refractivity contribution in [2.45, 2.75) is 44.1 Å². The Bertz CT molecular complexity index is 547. The molecule has 0 spiro atoms. The lowest BCUT2D eigenvalue weighted by atomic mass is 9.82. The van der Waals surface area contributed by atoms with Crippen LogP contribution in [-0.4, -0.2) is 52.8 Å². The Labute approximate surface area is 137 Å². The number of aliphatic hydroxyl groups is 1. The molecule has 3 rings (SSSR count). The molecule has 126 valence electrons. The van der Waals surface area contributed by atoms with Crippen molar-refractivity contribution in [2.75, 3.05) is 31.1 Å². The number of carbonyl (C=O) groups excluding carboxylic acids is 1. The topological polar surface area (TPSA) is 64.0 Å². The number of rotatable bonds is 3. The summed E-state index contributed by atoms with van der Waals surface area (Å²) in [5.74, 6) is 0.338. The van der Waals surface area contributed by atoms with E-state index in [4.69, 9.17) is 0 Å². The van der Waals surface area contributed by atoms with Gasteiger partial charge in [0.2, 0.25) is 5.91 Å². The fourth-order valence-electron chi connectivity index (χ4n) is 3.68. The number of hydrogen-bond acceptors (Lipinski definition) is 4. The number of anilines is 1. The van der Waals surface area contributed by atoms with E-state index in [0.717, 1.165) is 44.5 Å². The molecule has 5 nitrogen and oxygen atoms in total. The molecule has 2 N–H and O–H groups in total. The number of carbonyl (C=O) groups is 1. The molecule has 1 saturated heterocycles. The van der Waals surface area contributed by atoms with E-state index in [0.29, 0.717) is 13.1 Å². The van der Waals surface area contributed by atoms with E-state index in [2.05, 4.69) is 4.90 Å². The summed E-state index contributed by atoms with van der Waals surface area (Å²) in [6.07, 6.45) is 4.98. The summed E-state index contributed by atoms with van der Waals surface area (Å²) >= 11 is 0. The second kappa shape index (κ2) is 6.79. The Hall–Kier alpha value is -1.75. The van der Waals surface area contributed by atoms with Crippen molar-refractivity contribution in [3.05, 3.63) is 24.3 Å². The van der Waals surface area contributed by atoms with Crippen LogP contribution in [0.15, 0.2) is 24.3 Å². The number of benzene rings is 1. The third kappa shape index (κ3) is 3.96. The third-order valence-corrected chi connectivity index (χ3v) is 5.09. The van der Waals surface area contributed by atoms with Crippen LogP contribution in [0.1, 0.15) is 38.5 Å². The molecule has 1 saturated carbocycles. The lowest BCUT2D eigenvalue weighted by molar-refractivity contribution is -0.138. The van der Waals surface area contributed by atoms with Gasteiger partial charge in [-0.05, 0) is 25.0 Å². The highest BCUT2D eigenvalue weighted by atomic mass is 16.3. The van der Waals surface area contributed by atoms with Gasteiger partial charge in [-0.2, -0.15) is 0 Å². The number of amides is 1. The summed E-state index contributed by atoms with van der Waals surface area (Å²) in [6, 6.07) is 7.22. The summed E-state index contributed by atoms with van der Waals surface area (Å²) in [5, 5.41) is 20.1. The number of phenols is 1. The van der Waals surface area contributed by atoms with Crippen molar-refractivity contribution in [1.82, 2.24) is 4.90 Å². The first-order valence-corrected chi connectivity index (χ1v) is 8.60. The fraction of sp³-hybridized carbons (Fsp3) is 0.611. The molecule has 0 radical (unpaired) electrons. The average molecular weight is 318 g/mol. The maximum atomic E-state index is 12.5. The average Bonchev–Trinajstić information content (AvgIpc) is 2.55. The SMILES string of the molecule is O=C(CC1(O)CCCCC1)N1CCN(c2cccc(O)c2)CC1. The van der Waals surface area contributed by atoms with Crippen LogP contribution in [-0.2, 0) is 4.79 Å². The largest absolute Gasteiger partial charge is 0.508 e. The number of aromatic hydroxyl groups is 1. The molecule has 1 aliphatic heterocycles. The van der Waals surface area contributed by atoms with E-state index in [1.807, 2.05) is 17.0 Å². The van der Waals surface area contributed by atoms with Crippen LogP contribution in [0, 0.1) is 0 Å². The quantitative estimate of drug-likeness (QED) is 0.896. The van der Waals surface area contributed by atoms with Gasteiger partial charge in [0.15, 0.2) is 0 Å². The molecule has 23 heavy (non-hydrogen) atoms. The van der Waals surface area contributed by atoms with Crippen molar-refractivity contribution in [1.29, 1.82) is 0 Å². The van der Waals surface area contributed by atoms with Crippen LogP contribution >= 0.6 is 0 Å². The first-order chi connectivity index (χ1) is 11.1. The molecule has 2 aliphatic rings. The lowest BCUT2D eigenvalue weighted by Crippen LogP contribution is -2.50. The zero-order chi connectivity index (χ0) is 16.3. The zero-order valence-corrected chi connectivity index (χ0v) is 13.6. The monoisotopic (exact) mass is 318 g/mol. The Morgan fingerprint density at radius 2 is 1.78 bits per heavy atom. The van der Waals surface area contributed by atoms with Crippen LogP contribution in [0.3, 0.4) is 0 Å². The molecule has 0 bridgehead atoms. The molecule has 0 aromatic heterocycles. The van der Waals surface area contributed by atoms with Crippen LogP contribution < -0.4 is 4.90 Å². The standard InChI is InChI=1S/C18H26N2O3/c21-16-6-4-5-15(13-16)19-9-11-20(12-10-19)17(22)14-18(23)7-2-1-3-8-18/h4-6,13,21,23H,1-3,7-12,14H2. The minimum absolute atomic E-state index is 0.0740. The van der Waals surface area contributed by atoms with E-state index in [1.54, 1.807) is 12.1 Å². The molecule has 1 aromatic rings. The minimum atomic E-state index is -0.780. The normalized spacial score (nSPS) is 21.3. The summed E-state index contributed by atoms with van der Waals surface area (Å²) in [5.41, 5.74) is 0.209. The maximum Gasteiger partial charge on any atom is 0.225 e. The Balaban J connectivity index is 1.53. The van der Waals surface area contributed by atoms with Gasteiger partial charge in [-0.1, -0.05) is 25.3 Å². The number of nitrogens with zero attached hydrogens (tertiary/aromatic N) is 2. The summed E-state index contributed by atoms with van der Waals surface area (Å²) < 4.78 is 0. The van der Waals surface area contributed by atoms with E-state index in [1.165, 1.54) is 6.42 Å². The Morgan fingerprint density at radius 3 is 2.43 bits per heavy atom. The molecular weight excluding hydrogens is 292 g/mol. The Kier molecular flexibility index (Phi) is 4.76. The van der Waals surface area contributed by atoms with Crippen molar-refractivity contribution < 1.29 is 15.0 Å². The zero-order valence-electron chi connectivity index (χ0n) is 13.6. The maximum absolute atomic E-state index is 12.5. The highest BCUT2D eigenvalue weighted by Gasteiger charge is 2.34. The second-order valence-electron chi connectivity index (χ2n) is 6.85. The van der Waals surface area contributed by atoms with Gasteiger partial charge in [-0.3, -0.25) is 4.79 Å². The third-order valence-electron chi connectivity index (χ3n) is 5.09. The van der Waals surface area contributed by atoms with Gasteiger partial charge in [0.1, 0.15) is 5.75 Å². The summed E-state index contributed by atoms with van der Waals surface area (Å²) in [4.78, 5) is 16.5. The van der Waals surface area contributed by atoms with Gasteiger partial charge < -0.3 is 20.0 Å². The first-order valence-electron chi connectivity index (χ1n) is 8.60. The van der Waals surface area contributed by atoms with Gasteiger partial charge in [0.05, 0.1) is 12.0 Å². The molecule has 0 unspecified atom stereocenters. The summed E-state index contributed by atoms with van der Waals surface area (Å²) in [7, 11) is 0. The van der Waals surface area contributed by atoms with Crippen molar-refractivity contribution >= 4 is 11.6 Å². The molecule has 1 aliphatic carbocycles. The highest BCUT2D eigenvalue weighted by Crippen LogP contribution is 2.31. The van der Waals surface area contributed by atoms with Crippen LogP contribution in [0.25, 0.3) is 0 Å². The number of hydrogen-bond donors (Lipinski definition) is 2. The van der Waals surface area contributed by atoms with E-state index in [-0.39, 0.29) is 18.1 Å². The van der Waals surface area contributed by atoms with Gasteiger partial charge in [-0.25, -0.2) is 0 Å². The molecule has 1 heterocycles. The predicted octanol–water partition coefficient (Wildman–Crippen LogP) is 2.13. The predicted molar refractivity (Wildman–Crippen MR) is 89.6 cm³/mol. The van der Waals surface area contributed by atoms with E-state index in [9.17, 15) is 15.0 Å². The lowest BCUT2D eigenvalue weighted by Gasteiger charge is -2.38. The number of phenolic OH excluding ortho intramolecular Hbond substituents is 1. The second-order valence-corrected chi connectivity index (χ2v) is 6.85. The molecule has 5 heteroatoms. The fourth-order valence-corrected chi connectivity index (χ4v) is 3.68. The van der Waals surface area contributed by atoms with Crippen LogP contribution in [0.5, 0.6) is 5.75 Å². The smallest absolute Gasteiger partial charge is 0.225 e. The Morgan fingerprint density at radius 1 is 1.09 bits per heavy atom. The van der Waals surface area contributed by atoms with Gasteiger partial charge >= 0.3 is 0 Å². The highest BCUT2D eigenvalue weighted by molar-refractivity contribution is 5.77. The molecule has 1 aromatic carbocycles. The molecule has 0 atom stereocenters. The van der Waals surface area contributed by atoms with E-state index < -0.39 is 5.60 Å². The molecular formula is C18H26N2O3. The van der Waals surface area contributed by atoms with Crippen LogP contribution in [0.4, 0.5) is 5.69 Å². The van der Waals surface area contributed by atoms with Gasteiger partial charge in [0.25, 0.3) is 0 Å². The van der Waals surface area contributed by atoms with Gasteiger partial charge in [0, 0.05) is 37.9 Å². The van der Waals surface area contributed by atoms with Crippen LogP contribution in [0.2, 0.25) is 0 Å². The van der Waals surface area contributed by atoms with Crippen molar-refractivity contribution in [3.8, 4) is 5.75 Å². The molecule has 1 amide bonds. The number of piperazine rings is 1. The minimum Gasteiger partial charge on any atom is -0.508 e. The van der Waals surface area contributed by atoms with Crippen molar-refractivity contribution in [3.63, 3.8) is 0 Å². The first kappa shape index (κ1) is 16.1. The van der Waals surface area contributed by atoms with Crippen molar-refractivity contribution in [2.24, 2.45) is 0 Å².